The van der Waals surface area contributed by atoms with Crippen LogP contribution < -0.4 is 15.5 Å². The number of rotatable bonds is 5. The fourth-order valence-electron chi connectivity index (χ4n) is 1.79. The molecule has 1 aliphatic rings. The zero-order chi connectivity index (χ0) is 13.2. The SMILES string of the molecule is CNc1cc(NCc2csc(=O)[nH]2)nc(C2CC2)n1. The van der Waals surface area contributed by atoms with Gasteiger partial charge in [0.05, 0.1) is 6.54 Å². The lowest BCUT2D eigenvalue weighted by atomic mass is 10.3. The van der Waals surface area contributed by atoms with Crippen LogP contribution in [0.4, 0.5) is 11.6 Å². The van der Waals surface area contributed by atoms with Crippen LogP contribution in [-0.2, 0) is 6.54 Å². The second kappa shape index (κ2) is 5.00. The van der Waals surface area contributed by atoms with Gasteiger partial charge in [0, 0.05) is 30.1 Å². The Morgan fingerprint density at radius 2 is 2.21 bits per heavy atom. The normalized spacial score (nSPS) is 14.4. The van der Waals surface area contributed by atoms with Crippen LogP contribution in [0.2, 0.25) is 0 Å². The van der Waals surface area contributed by atoms with Crippen molar-refractivity contribution in [3.8, 4) is 0 Å². The maximum Gasteiger partial charge on any atom is 0.304 e. The molecule has 7 heteroatoms. The van der Waals surface area contributed by atoms with Crippen LogP contribution in [0, 0.1) is 0 Å². The minimum atomic E-state index is -0.0333. The Balaban J connectivity index is 1.75. The standard InChI is InChI=1S/C12H15N5OS/c1-13-9-4-10(17-11(16-9)7-2-3-7)14-5-8-6-19-12(18)15-8/h4,6-7H,2-3,5H2,1H3,(H,15,18)(H2,13,14,16,17). The first-order chi connectivity index (χ1) is 9.24. The van der Waals surface area contributed by atoms with E-state index in [9.17, 15) is 4.79 Å². The Hall–Kier alpha value is -1.89. The highest BCUT2D eigenvalue weighted by Gasteiger charge is 2.27. The molecular formula is C12H15N5OS. The smallest absolute Gasteiger partial charge is 0.304 e. The molecule has 0 aromatic carbocycles. The van der Waals surface area contributed by atoms with Crippen LogP contribution in [0.25, 0.3) is 0 Å². The molecule has 1 fully saturated rings. The van der Waals surface area contributed by atoms with Crippen molar-refractivity contribution in [3.05, 3.63) is 32.6 Å². The number of H-pyrrole nitrogens is 1. The Morgan fingerprint density at radius 1 is 1.42 bits per heavy atom. The number of aromatic amines is 1. The van der Waals surface area contributed by atoms with Crippen LogP contribution in [0.1, 0.15) is 30.3 Å². The lowest BCUT2D eigenvalue weighted by molar-refractivity contribution is 0.919. The highest BCUT2D eigenvalue weighted by atomic mass is 32.1. The van der Waals surface area contributed by atoms with Gasteiger partial charge in [-0.2, -0.15) is 0 Å². The molecular weight excluding hydrogens is 262 g/mol. The summed E-state index contributed by atoms with van der Waals surface area (Å²) in [6.07, 6.45) is 2.34. The van der Waals surface area contributed by atoms with Gasteiger partial charge in [0.2, 0.25) is 0 Å². The molecule has 0 atom stereocenters. The highest BCUT2D eigenvalue weighted by Crippen LogP contribution is 2.38. The van der Waals surface area contributed by atoms with Crippen molar-refractivity contribution >= 4 is 23.0 Å². The quantitative estimate of drug-likeness (QED) is 0.775. The molecule has 0 unspecified atom stereocenters. The molecule has 0 radical (unpaired) electrons. The molecule has 0 saturated heterocycles. The molecule has 0 aliphatic heterocycles. The number of aromatic nitrogens is 3. The van der Waals surface area contributed by atoms with Gasteiger partial charge in [0.15, 0.2) is 0 Å². The van der Waals surface area contributed by atoms with Crippen LogP contribution in [0.5, 0.6) is 0 Å². The Morgan fingerprint density at radius 3 is 2.84 bits per heavy atom. The summed E-state index contributed by atoms with van der Waals surface area (Å²) in [5, 5.41) is 8.08. The van der Waals surface area contributed by atoms with Gasteiger partial charge in [0.1, 0.15) is 17.5 Å². The molecule has 3 rings (SSSR count). The van der Waals surface area contributed by atoms with Crippen molar-refractivity contribution in [1.29, 1.82) is 0 Å². The minimum Gasteiger partial charge on any atom is -0.373 e. The number of hydrogen-bond acceptors (Lipinski definition) is 6. The fourth-order valence-corrected chi connectivity index (χ4v) is 2.38. The van der Waals surface area contributed by atoms with E-state index in [4.69, 9.17) is 0 Å². The molecule has 19 heavy (non-hydrogen) atoms. The number of thiazole rings is 1. The predicted octanol–water partition coefficient (Wildman–Crippen LogP) is 1.76. The van der Waals surface area contributed by atoms with Crippen molar-refractivity contribution in [2.24, 2.45) is 0 Å². The van der Waals surface area contributed by atoms with Gasteiger partial charge in [-0.3, -0.25) is 4.79 Å². The van der Waals surface area contributed by atoms with Crippen molar-refractivity contribution in [2.75, 3.05) is 17.7 Å². The Labute approximate surface area is 114 Å². The van der Waals surface area contributed by atoms with E-state index in [1.807, 2.05) is 18.5 Å². The lowest BCUT2D eigenvalue weighted by Gasteiger charge is -2.08. The van der Waals surface area contributed by atoms with Crippen LogP contribution in [0.15, 0.2) is 16.2 Å². The predicted molar refractivity (Wildman–Crippen MR) is 75.8 cm³/mol. The van der Waals surface area contributed by atoms with E-state index in [2.05, 4.69) is 25.6 Å². The summed E-state index contributed by atoms with van der Waals surface area (Å²) >= 11 is 1.17. The maximum absolute atomic E-state index is 11.1. The van der Waals surface area contributed by atoms with Crippen molar-refractivity contribution in [2.45, 2.75) is 25.3 Å². The molecule has 1 saturated carbocycles. The van der Waals surface area contributed by atoms with Crippen LogP contribution >= 0.6 is 11.3 Å². The number of anilines is 2. The zero-order valence-electron chi connectivity index (χ0n) is 10.6. The number of nitrogens with one attached hydrogen (secondary N) is 3. The van der Waals surface area contributed by atoms with Gasteiger partial charge in [-0.15, -0.1) is 0 Å². The van der Waals surface area contributed by atoms with E-state index in [1.54, 1.807) is 0 Å². The zero-order valence-corrected chi connectivity index (χ0v) is 11.4. The summed E-state index contributed by atoms with van der Waals surface area (Å²) in [5.41, 5.74) is 0.868. The Kier molecular flexibility index (Phi) is 3.20. The topological polar surface area (TPSA) is 82.7 Å². The van der Waals surface area contributed by atoms with E-state index in [1.165, 1.54) is 24.2 Å². The van der Waals surface area contributed by atoms with E-state index >= 15 is 0 Å². The first kappa shape index (κ1) is 12.2. The van der Waals surface area contributed by atoms with Gasteiger partial charge in [-0.05, 0) is 12.8 Å². The molecule has 3 N–H and O–H groups in total. The second-order valence-electron chi connectivity index (χ2n) is 4.55. The Bertz CT molecular complexity index is 631. The number of hydrogen-bond donors (Lipinski definition) is 3. The molecule has 0 amide bonds. The van der Waals surface area contributed by atoms with Crippen molar-refractivity contribution in [1.82, 2.24) is 15.0 Å². The first-order valence-corrected chi connectivity index (χ1v) is 7.10. The molecule has 2 aromatic rings. The third kappa shape index (κ3) is 2.93. The van der Waals surface area contributed by atoms with Gasteiger partial charge in [0.25, 0.3) is 0 Å². The van der Waals surface area contributed by atoms with Crippen molar-refractivity contribution < 1.29 is 0 Å². The average molecular weight is 277 g/mol. The third-order valence-corrected chi connectivity index (χ3v) is 3.69. The molecule has 6 nitrogen and oxygen atoms in total. The molecule has 2 aromatic heterocycles. The summed E-state index contributed by atoms with van der Waals surface area (Å²) in [6.45, 7) is 0.559. The maximum atomic E-state index is 11.1. The van der Waals surface area contributed by atoms with Gasteiger partial charge < -0.3 is 15.6 Å². The second-order valence-corrected chi connectivity index (χ2v) is 5.39. The molecule has 0 bridgehead atoms. The monoisotopic (exact) mass is 277 g/mol. The minimum absolute atomic E-state index is 0.0333. The summed E-state index contributed by atoms with van der Waals surface area (Å²) in [5.74, 6) is 3.01. The van der Waals surface area contributed by atoms with Gasteiger partial charge >= 0.3 is 4.87 Å². The van der Waals surface area contributed by atoms with E-state index in [0.29, 0.717) is 12.5 Å². The number of nitrogens with zero attached hydrogens (tertiary/aromatic N) is 2. The first-order valence-electron chi connectivity index (χ1n) is 6.22. The summed E-state index contributed by atoms with van der Waals surface area (Å²) < 4.78 is 0. The summed E-state index contributed by atoms with van der Waals surface area (Å²) in [7, 11) is 1.85. The summed E-state index contributed by atoms with van der Waals surface area (Å²) in [4.78, 5) is 22.8. The van der Waals surface area contributed by atoms with Gasteiger partial charge in [-0.25, -0.2) is 9.97 Å². The third-order valence-electron chi connectivity index (χ3n) is 2.97. The molecule has 1 aliphatic carbocycles. The molecule has 0 spiro atoms. The molecule has 100 valence electrons. The highest BCUT2D eigenvalue weighted by molar-refractivity contribution is 7.07. The van der Waals surface area contributed by atoms with Gasteiger partial charge in [-0.1, -0.05) is 11.3 Å². The largest absolute Gasteiger partial charge is 0.373 e. The van der Waals surface area contributed by atoms with E-state index < -0.39 is 0 Å². The fraction of sp³-hybridized carbons (Fsp3) is 0.417. The van der Waals surface area contributed by atoms with Crippen molar-refractivity contribution in [3.63, 3.8) is 0 Å². The van der Waals surface area contributed by atoms with E-state index in [-0.39, 0.29) is 4.87 Å². The van der Waals surface area contributed by atoms with Crippen LogP contribution in [0.3, 0.4) is 0 Å². The average Bonchev–Trinajstić information content (AvgIpc) is 3.19. The molecule has 2 heterocycles. The van der Waals surface area contributed by atoms with E-state index in [0.717, 1.165) is 23.2 Å². The summed E-state index contributed by atoms with van der Waals surface area (Å²) in [6, 6.07) is 1.87. The van der Waals surface area contributed by atoms with Crippen LogP contribution in [-0.4, -0.2) is 22.0 Å². The lowest BCUT2D eigenvalue weighted by Crippen LogP contribution is -2.07.